The van der Waals surface area contributed by atoms with Crippen molar-refractivity contribution < 1.29 is 17.9 Å². The summed E-state index contributed by atoms with van der Waals surface area (Å²) < 4.78 is 32.1. The summed E-state index contributed by atoms with van der Waals surface area (Å²) in [7, 11) is -3.46. The lowest BCUT2D eigenvalue weighted by molar-refractivity contribution is -0.140. The number of ether oxygens (including phenoxy) is 1. The Balaban J connectivity index is 1.56. The van der Waals surface area contributed by atoms with Crippen molar-refractivity contribution in [3.8, 4) is 11.8 Å². The first-order chi connectivity index (χ1) is 12.5. The van der Waals surface area contributed by atoms with E-state index in [0.29, 0.717) is 42.3 Å². The fourth-order valence-electron chi connectivity index (χ4n) is 2.84. The van der Waals surface area contributed by atoms with E-state index < -0.39 is 10.0 Å². The molecule has 136 valence electrons. The van der Waals surface area contributed by atoms with Crippen LogP contribution >= 0.6 is 11.3 Å². The number of thiophene rings is 1. The van der Waals surface area contributed by atoms with E-state index in [1.807, 2.05) is 0 Å². The topological polar surface area (TPSA) is 87.5 Å². The Morgan fingerprint density at radius 1 is 1.23 bits per heavy atom. The summed E-state index contributed by atoms with van der Waals surface area (Å²) in [5.74, 6) is -0.222. The lowest BCUT2D eigenvalue weighted by Gasteiger charge is -2.29. The molecule has 0 N–H and O–H groups in total. The van der Waals surface area contributed by atoms with Crippen molar-refractivity contribution in [1.82, 2.24) is 4.31 Å². The molecule has 0 aliphatic carbocycles. The molecule has 2 heterocycles. The van der Waals surface area contributed by atoms with Crippen LogP contribution in [-0.4, -0.2) is 31.8 Å². The second-order valence-corrected chi connectivity index (χ2v) is 9.12. The highest BCUT2D eigenvalue weighted by molar-refractivity contribution is 7.91. The van der Waals surface area contributed by atoms with Crippen molar-refractivity contribution in [2.24, 2.45) is 5.92 Å². The largest absolute Gasteiger partial charge is 0.426 e. The summed E-state index contributed by atoms with van der Waals surface area (Å²) in [6, 6.07) is 12.2. The number of nitrogens with zero attached hydrogens (tertiary/aromatic N) is 2. The van der Waals surface area contributed by atoms with Crippen molar-refractivity contribution in [3.05, 3.63) is 47.3 Å². The number of carbonyl (C=O) groups is 1. The second kappa shape index (κ2) is 7.99. The maximum atomic E-state index is 12.5. The molecule has 8 heteroatoms. The minimum absolute atomic E-state index is 0.307. The number of esters is 1. The van der Waals surface area contributed by atoms with E-state index in [1.165, 1.54) is 15.6 Å². The standard InChI is InChI=1S/C18H18N2O4S2/c19-10-7-14-3-5-16(6-4-14)24-18(21)15-8-11-20(12-9-15)26(22,23)17-2-1-13-25-17/h1-6,13,15H,7-9,11-12H2. The van der Waals surface area contributed by atoms with Crippen LogP contribution in [0.15, 0.2) is 46.0 Å². The fraction of sp³-hybridized carbons (Fsp3) is 0.333. The summed E-state index contributed by atoms with van der Waals surface area (Å²) in [6.45, 7) is 0.613. The molecule has 1 aliphatic heterocycles. The average Bonchev–Trinajstić information content (AvgIpc) is 3.19. The van der Waals surface area contributed by atoms with Crippen LogP contribution in [0.2, 0.25) is 0 Å². The van der Waals surface area contributed by atoms with E-state index >= 15 is 0 Å². The number of hydrogen-bond acceptors (Lipinski definition) is 6. The first-order valence-corrected chi connectivity index (χ1v) is 10.5. The quantitative estimate of drug-likeness (QED) is 0.579. The fourth-order valence-corrected chi connectivity index (χ4v) is 5.45. The van der Waals surface area contributed by atoms with Crippen LogP contribution in [0.3, 0.4) is 0 Å². The molecule has 6 nitrogen and oxygen atoms in total. The van der Waals surface area contributed by atoms with E-state index in [4.69, 9.17) is 10.00 Å². The smallest absolute Gasteiger partial charge is 0.314 e. The molecule has 1 aliphatic rings. The Bertz CT molecular complexity index is 892. The monoisotopic (exact) mass is 390 g/mol. The molecule has 0 saturated carbocycles. The number of piperidine rings is 1. The van der Waals surface area contributed by atoms with Gasteiger partial charge in [-0.2, -0.15) is 9.57 Å². The van der Waals surface area contributed by atoms with E-state index in [2.05, 4.69) is 6.07 Å². The van der Waals surface area contributed by atoms with Crippen molar-refractivity contribution in [1.29, 1.82) is 5.26 Å². The summed E-state index contributed by atoms with van der Waals surface area (Å²) in [5.41, 5.74) is 0.861. The molecule has 1 aromatic carbocycles. The Morgan fingerprint density at radius 3 is 2.50 bits per heavy atom. The molecule has 3 rings (SSSR count). The van der Waals surface area contributed by atoms with Gasteiger partial charge in [-0.3, -0.25) is 4.79 Å². The summed E-state index contributed by atoms with van der Waals surface area (Å²) in [5, 5.41) is 10.4. The second-order valence-electron chi connectivity index (χ2n) is 6.01. The molecule has 0 spiro atoms. The van der Waals surface area contributed by atoms with Gasteiger partial charge >= 0.3 is 5.97 Å². The van der Waals surface area contributed by atoms with E-state index in [-0.39, 0.29) is 11.9 Å². The van der Waals surface area contributed by atoms with Crippen LogP contribution < -0.4 is 4.74 Å². The highest BCUT2D eigenvalue weighted by Crippen LogP contribution is 2.27. The van der Waals surface area contributed by atoms with Gasteiger partial charge in [-0.25, -0.2) is 8.42 Å². The molecule has 0 amide bonds. The number of carbonyl (C=O) groups excluding carboxylic acids is 1. The van der Waals surface area contributed by atoms with Crippen LogP contribution in [0.25, 0.3) is 0 Å². The van der Waals surface area contributed by atoms with Gasteiger partial charge in [0.1, 0.15) is 9.96 Å². The minimum Gasteiger partial charge on any atom is -0.426 e. The van der Waals surface area contributed by atoms with Gasteiger partial charge in [-0.1, -0.05) is 18.2 Å². The average molecular weight is 390 g/mol. The molecule has 1 fully saturated rings. The lowest BCUT2D eigenvalue weighted by Crippen LogP contribution is -2.40. The van der Waals surface area contributed by atoms with Crippen molar-refractivity contribution in [2.75, 3.05) is 13.1 Å². The van der Waals surface area contributed by atoms with Gasteiger partial charge in [0.05, 0.1) is 18.4 Å². The van der Waals surface area contributed by atoms with Crippen LogP contribution in [0.4, 0.5) is 0 Å². The zero-order valence-electron chi connectivity index (χ0n) is 14.0. The Labute approximate surface area is 156 Å². The van der Waals surface area contributed by atoms with E-state index in [1.54, 1.807) is 41.8 Å². The molecule has 0 unspecified atom stereocenters. The van der Waals surface area contributed by atoms with Gasteiger partial charge in [0.15, 0.2) is 0 Å². The maximum Gasteiger partial charge on any atom is 0.314 e. The first-order valence-electron chi connectivity index (χ1n) is 8.22. The highest BCUT2D eigenvalue weighted by Gasteiger charge is 2.33. The molecule has 0 atom stereocenters. The minimum atomic E-state index is -3.46. The van der Waals surface area contributed by atoms with Crippen molar-refractivity contribution in [2.45, 2.75) is 23.5 Å². The molecular formula is C18H18N2O4S2. The van der Waals surface area contributed by atoms with Crippen LogP contribution in [0, 0.1) is 17.2 Å². The summed E-state index contributed by atoms with van der Waals surface area (Å²) in [4.78, 5) is 12.3. The third-order valence-electron chi connectivity index (χ3n) is 4.30. The number of nitriles is 1. The van der Waals surface area contributed by atoms with Crippen LogP contribution in [0.1, 0.15) is 18.4 Å². The van der Waals surface area contributed by atoms with Crippen molar-refractivity contribution >= 4 is 27.3 Å². The van der Waals surface area contributed by atoms with Gasteiger partial charge in [0.25, 0.3) is 10.0 Å². The molecule has 26 heavy (non-hydrogen) atoms. The molecular weight excluding hydrogens is 372 g/mol. The van der Waals surface area contributed by atoms with Gasteiger partial charge in [0.2, 0.25) is 0 Å². The van der Waals surface area contributed by atoms with E-state index in [0.717, 1.165) is 5.56 Å². The summed E-state index contributed by atoms with van der Waals surface area (Å²) in [6.07, 6.45) is 1.19. The predicted molar refractivity (Wildman–Crippen MR) is 97.2 cm³/mol. The molecule has 0 radical (unpaired) electrons. The molecule has 1 saturated heterocycles. The van der Waals surface area contributed by atoms with Gasteiger partial charge < -0.3 is 4.74 Å². The highest BCUT2D eigenvalue weighted by atomic mass is 32.2. The maximum absolute atomic E-state index is 12.5. The molecule has 0 bridgehead atoms. The zero-order valence-corrected chi connectivity index (χ0v) is 15.6. The lowest BCUT2D eigenvalue weighted by atomic mass is 9.98. The molecule has 2 aromatic rings. The Morgan fingerprint density at radius 2 is 1.92 bits per heavy atom. The van der Waals surface area contributed by atoms with E-state index in [9.17, 15) is 13.2 Å². The third kappa shape index (κ3) is 4.12. The van der Waals surface area contributed by atoms with Gasteiger partial charge in [-0.15, -0.1) is 11.3 Å². The zero-order chi connectivity index (χ0) is 18.6. The van der Waals surface area contributed by atoms with Crippen molar-refractivity contribution in [3.63, 3.8) is 0 Å². The van der Waals surface area contributed by atoms with Gasteiger partial charge in [0, 0.05) is 13.1 Å². The predicted octanol–water partition coefficient (Wildman–Crippen LogP) is 2.82. The third-order valence-corrected chi connectivity index (χ3v) is 7.57. The summed E-state index contributed by atoms with van der Waals surface area (Å²) >= 11 is 1.20. The Hall–Kier alpha value is -2.21. The number of sulfonamides is 1. The Kier molecular flexibility index (Phi) is 5.71. The first kappa shape index (κ1) is 18.6. The number of hydrogen-bond donors (Lipinski definition) is 0. The van der Waals surface area contributed by atoms with Gasteiger partial charge in [-0.05, 0) is 42.0 Å². The molecule has 1 aromatic heterocycles. The normalized spacial score (nSPS) is 16.1. The number of rotatable bonds is 5. The van der Waals surface area contributed by atoms with Crippen LogP contribution in [-0.2, 0) is 21.2 Å². The van der Waals surface area contributed by atoms with Crippen LogP contribution in [0.5, 0.6) is 5.75 Å². The SMILES string of the molecule is N#CCc1ccc(OC(=O)C2CCN(S(=O)(=O)c3cccs3)CC2)cc1. The number of benzene rings is 1.